The highest BCUT2D eigenvalue weighted by atomic mass is 16.6. The van der Waals surface area contributed by atoms with Crippen LogP contribution in [0.15, 0.2) is 30.7 Å². The summed E-state index contributed by atoms with van der Waals surface area (Å²) in [6, 6.07) is 3.93. The van der Waals surface area contributed by atoms with E-state index in [0.717, 1.165) is 60.1 Å². The van der Waals surface area contributed by atoms with Crippen molar-refractivity contribution >= 4 is 34.9 Å². The zero-order valence-electron chi connectivity index (χ0n) is 26.0. The second-order valence-electron chi connectivity index (χ2n) is 11.4. The predicted molar refractivity (Wildman–Crippen MR) is 167 cm³/mol. The summed E-state index contributed by atoms with van der Waals surface area (Å²) < 4.78 is 17.0. The molecule has 0 aliphatic carbocycles. The number of fused-ring (bicyclic) bond motifs is 2. The standard InChI is InChI=1S/C29H36N8O4.C2H6/c1-19-23(17-31-26-25(19)37(11-14-40-26)28(38)41-29(2,3)4)36-8-6-20-16-32-27(34-22(20)18-36)33-21-5-7-30-24(15-21)35-9-12-39-13-10-35;1-2/h5,7,15-17H,6,8-14,18H2,1-4H3,(H,30,32,33,34);1-2H3. The molecular weight excluding hydrogens is 548 g/mol. The van der Waals surface area contributed by atoms with Crippen molar-refractivity contribution in [1.29, 1.82) is 0 Å². The fourth-order valence-electron chi connectivity index (χ4n) is 5.31. The first-order valence-electron chi connectivity index (χ1n) is 15.0. The molecule has 0 unspecified atom stereocenters. The van der Waals surface area contributed by atoms with Gasteiger partial charge in [-0.1, -0.05) is 13.8 Å². The van der Waals surface area contributed by atoms with Crippen molar-refractivity contribution in [3.05, 3.63) is 47.5 Å². The molecule has 1 amide bonds. The molecule has 3 aliphatic rings. The summed E-state index contributed by atoms with van der Waals surface area (Å²) in [5.74, 6) is 1.89. The summed E-state index contributed by atoms with van der Waals surface area (Å²) in [5, 5.41) is 3.35. The van der Waals surface area contributed by atoms with Gasteiger partial charge in [0.1, 0.15) is 23.7 Å². The predicted octanol–water partition coefficient (Wildman–Crippen LogP) is 4.88. The number of nitrogens with zero attached hydrogens (tertiary/aromatic N) is 7. The molecule has 0 radical (unpaired) electrons. The second kappa shape index (κ2) is 13.0. The van der Waals surface area contributed by atoms with Crippen LogP contribution in [0.5, 0.6) is 5.88 Å². The first-order chi connectivity index (χ1) is 20.7. The maximum atomic E-state index is 13.0. The average Bonchev–Trinajstić information content (AvgIpc) is 3.01. The molecule has 6 rings (SSSR count). The van der Waals surface area contributed by atoms with Gasteiger partial charge >= 0.3 is 6.09 Å². The molecule has 3 aliphatic heterocycles. The second-order valence-corrected chi connectivity index (χ2v) is 11.4. The zero-order valence-corrected chi connectivity index (χ0v) is 26.0. The molecule has 0 saturated carbocycles. The summed E-state index contributed by atoms with van der Waals surface area (Å²) >= 11 is 0. The van der Waals surface area contributed by atoms with Gasteiger partial charge in [-0.15, -0.1) is 0 Å². The molecule has 1 saturated heterocycles. The number of aromatic nitrogens is 4. The van der Waals surface area contributed by atoms with Crippen LogP contribution in [0.1, 0.15) is 51.4 Å². The highest BCUT2D eigenvalue weighted by Gasteiger charge is 2.32. The molecule has 230 valence electrons. The Morgan fingerprint density at radius 2 is 1.79 bits per heavy atom. The average molecular weight is 591 g/mol. The molecule has 43 heavy (non-hydrogen) atoms. The maximum Gasteiger partial charge on any atom is 0.415 e. The number of anilines is 5. The molecule has 12 heteroatoms. The Hall–Kier alpha value is -4.19. The van der Waals surface area contributed by atoms with E-state index < -0.39 is 11.7 Å². The van der Waals surface area contributed by atoms with Gasteiger partial charge in [0.15, 0.2) is 0 Å². The van der Waals surface area contributed by atoms with Crippen molar-refractivity contribution in [3.8, 4) is 5.88 Å². The van der Waals surface area contributed by atoms with Crippen LogP contribution in [0.2, 0.25) is 0 Å². The first kappa shape index (κ1) is 30.3. The van der Waals surface area contributed by atoms with E-state index in [-0.39, 0.29) is 0 Å². The monoisotopic (exact) mass is 590 g/mol. The Balaban J connectivity index is 0.00000180. The van der Waals surface area contributed by atoms with Crippen LogP contribution in [0.4, 0.5) is 33.6 Å². The Morgan fingerprint density at radius 3 is 2.56 bits per heavy atom. The van der Waals surface area contributed by atoms with Crippen LogP contribution < -0.4 is 24.8 Å². The number of ether oxygens (including phenoxy) is 3. The fourth-order valence-corrected chi connectivity index (χ4v) is 5.31. The van der Waals surface area contributed by atoms with Gasteiger partial charge in [-0.2, -0.15) is 0 Å². The number of morpholine rings is 1. The number of amides is 1. The highest BCUT2D eigenvalue weighted by Crippen LogP contribution is 2.39. The molecular formula is C31H42N8O4. The molecule has 1 N–H and O–H groups in total. The third kappa shape index (κ3) is 6.90. The van der Waals surface area contributed by atoms with E-state index in [1.165, 1.54) is 0 Å². The number of hydrogen-bond donors (Lipinski definition) is 1. The van der Waals surface area contributed by atoms with Gasteiger partial charge in [0, 0.05) is 49.3 Å². The lowest BCUT2D eigenvalue weighted by atomic mass is 10.0. The molecule has 3 aromatic rings. The van der Waals surface area contributed by atoms with Gasteiger partial charge in [-0.25, -0.2) is 24.7 Å². The quantitative estimate of drug-likeness (QED) is 0.448. The van der Waals surface area contributed by atoms with Crippen molar-refractivity contribution in [2.45, 2.75) is 60.1 Å². The minimum absolute atomic E-state index is 0.368. The van der Waals surface area contributed by atoms with Crippen LogP contribution in [0, 0.1) is 6.92 Å². The van der Waals surface area contributed by atoms with E-state index in [9.17, 15) is 4.79 Å². The van der Waals surface area contributed by atoms with E-state index in [1.54, 1.807) is 11.1 Å². The van der Waals surface area contributed by atoms with Crippen molar-refractivity contribution in [2.75, 3.05) is 66.0 Å². The third-order valence-corrected chi connectivity index (χ3v) is 7.31. The smallest absolute Gasteiger partial charge is 0.415 e. The van der Waals surface area contributed by atoms with E-state index in [0.29, 0.717) is 50.4 Å². The Kier molecular flexibility index (Phi) is 9.14. The molecule has 12 nitrogen and oxygen atoms in total. The van der Waals surface area contributed by atoms with Crippen LogP contribution in [0.25, 0.3) is 0 Å². The molecule has 6 heterocycles. The highest BCUT2D eigenvalue weighted by molar-refractivity contribution is 5.92. The van der Waals surface area contributed by atoms with Gasteiger partial charge in [0.05, 0.1) is 43.9 Å². The van der Waals surface area contributed by atoms with Crippen LogP contribution in [-0.4, -0.2) is 77.6 Å². The lowest BCUT2D eigenvalue weighted by Gasteiger charge is -2.35. The zero-order chi connectivity index (χ0) is 30.6. The Labute approximate surface area is 253 Å². The molecule has 0 spiro atoms. The van der Waals surface area contributed by atoms with Crippen molar-refractivity contribution in [3.63, 3.8) is 0 Å². The number of hydrogen-bond acceptors (Lipinski definition) is 11. The van der Waals surface area contributed by atoms with Gasteiger partial charge in [0.2, 0.25) is 11.8 Å². The number of nitrogens with one attached hydrogen (secondary N) is 1. The maximum absolute atomic E-state index is 13.0. The third-order valence-electron chi connectivity index (χ3n) is 7.31. The topological polar surface area (TPSA) is 118 Å². The van der Waals surface area contributed by atoms with Crippen molar-refractivity contribution < 1.29 is 19.0 Å². The lowest BCUT2D eigenvalue weighted by Crippen LogP contribution is -2.42. The van der Waals surface area contributed by atoms with E-state index in [1.807, 2.05) is 66.1 Å². The molecule has 0 aromatic carbocycles. The van der Waals surface area contributed by atoms with Crippen LogP contribution in [0.3, 0.4) is 0 Å². The number of carbonyl (C=O) groups is 1. The normalized spacial score (nSPS) is 16.3. The fraction of sp³-hybridized carbons (Fsp3) is 0.516. The van der Waals surface area contributed by atoms with Crippen LogP contribution >= 0.6 is 0 Å². The van der Waals surface area contributed by atoms with Gasteiger partial charge in [-0.3, -0.25) is 4.90 Å². The number of rotatable bonds is 4. The molecule has 3 aromatic heterocycles. The largest absolute Gasteiger partial charge is 0.474 e. The van der Waals surface area contributed by atoms with E-state index in [2.05, 4.69) is 30.1 Å². The van der Waals surface area contributed by atoms with Crippen molar-refractivity contribution in [2.24, 2.45) is 0 Å². The Bertz CT molecular complexity index is 1440. The summed E-state index contributed by atoms with van der Waals surface area (Å²) in [5.41, 5.74) is 4.87. The number of pyridine rings is 2. The van der Waals surface area contributed by atoms with Crippen LogP contribution in [-0.2, 0) is 22.4 Å². The summed E-state index contributed by atoms with van der Waals surface area (Å²) in [7, 11) is 0. The van der Waals surface area contributed by atoms with Gasteiger partial charge < -0.3 is 29.3 Å². The lowest BCUT2D eigenvalue weighted by molar-refractivity contribution is 0.0566. The molecule has 1 fully saturated rings. The molecule has 0 atom stereocenters. The van der Waals surface area contributed by atoms with E-state index in [4.69, 9.17) is 19.2 Å². The summed E-state index contributed by atoms with van der Waals surface area (Å²) in [4.78, 5) is 37.7. The summed E-state index contributed by atoms with van der Waals surface area (Å²) in [6.07, 6.45) is 5.92. The van der Waals surface area contributed by atoms with Gasteiger partial charge in [-0.05, 0) is 45.7 Å². The van der Waals surface area contributed by atoms with Gasteiger partial charge in [0.25, 0.3) is 0 Å². The number of carbonyl (C=O) groups excluding carboxylic acids is 1. The Morgan fingerprint density at radius 1 is 1.00 bits per heavy atom. The minimum atomic E-state index is -0.600. The van der Waals surface area contributed by atoms with Crippen molar-refractivity contribution in [1.82, 2.24) is 19.9 Å². The SMILES string of the molecule is CC.Cc1c(N2CCc3cnc(Nc4ccnc(N5CCOCC5)c4)nc3C2)cnc2c1N(C(=O)OC(C)(C)C)CCO2. The summed E-state index contributed by atoms with van der Waals surface area (Å²) in [6.45, 7) is 16.8. The minimum Gasteiger partial charge on any atom is -0.474 e. The molecule has 0 bridgehead atoms. The van der Waals surface area contributed by atoms with E-state index >= 15 is 0 Å². The first-order valence-corrected chi connectivity index (χ1v) is 15.0.